The number of nitrogens with one attached hydrogen (secondary N) is 1. The normalized spacial score (nSPS) is 13.7. The van der Waals surface area contributed by atoms with E-state index in [9.17, 15) is 13.2 Å². The van der Waals surface area contributed by atoms with Crippen molar-refractivity contribution in [1.82, 2.24) is 14.7 Å². The Morgan fingerprint density at radius 2 is 1.85 bits per heavy atom. The number of sulfone groups is 1. The smallest absolute Gasteiger partial charge is 0.274 e. The summed E-state index contributed by atoms with van der Waals surface area (Å²) in [5, 5.41) is 7.24. The number of likely N-dealkylation sites (N-methyl/N-ethyl adjacent to an activating group) is 1. The number of carbonyl (C=O) groups is 1. The van der Waals surface area contributed by atoms with Gasteiger partial charge in [-0.2, -0.15) is 5.10 Å². The third-order valence-corrected chi connectivity index (χ3v) is 6.44. The highest BCUT2D eigenvalue weighted by atomic mass is 32.2. The monoisotopic (exact) mass is 467 g/mol. The third kappa shape index (κ3) is 4.61. The van der Waals surface area contributed by atoms with Crippen LogP contribution >= 0.6 is 0 Å². The van der Waals surface area contributed by atoms with E-state index in [2.05, 4.69) is 20.3 Å². The Kier molecular flexibility index (Phi) is 5.94. The summed E-state index contributed by atoms with van der Waals surface area (Å²) in [6.45, 7) is 3.40. The van der Waals surface area contributed by atoms with Crippen LogP contribution in [0.5, 0.6) is 5.75 Å². The maximum Gasteiger partial charge on any atom is 0.274 e. The van der Waals surface area contributed by atoms with Crippen LogP contribution in [0.1, 0.15) is 21.7 Å². The third-order valence-electron chi connectivity index (χ3n) is 5.32. The molecular weight excluding hydrogens is 442 g/mol. The second kappa shape index (κ2) is 8.70. The van der Waals surface area contributed by atoms with Gasteiger partial charge in [-0.3, -0.25) is 9.79 Å². The lowest BCUT2D eigenvalue weighted by atomic mass is 10.1. The van der Waals surface area contributed by atoms with E-state index in [4.69, 9.17) is 4.74 Å². The van der Waals surface area contributed by atoms with E-state index in [1.165, 1.54) is 17.9 Å². The van der Waals surface area contributed by atoms with E-state index in [1.807, 2.05) is 31.3 Å². The summed E-state index contributed by atoms with van der Waals surface area (Å²) in [5.41, 5.74) is 2.65. The van der Waals surface area contributed by atoms with Gasteiger partial charge in [-0.25, -0.2) is 13.1 Å². The number of aliphatic imine (C=N–C) groups is 1. The molecule has 1 amide bonds. The molecule has 0 bridgehead atoms. The van der Waals surface area contributed by atoms with Crippen molar-refractivity contribution in [2.24, 2.45) is 4.99 Å². The van der Waals surface area contributed by atoms with Crippen molar-refractivity contribution in [1.29, 1.82) is 0 Å². The van der Waals surface area contributed by atoms with Crippen LogP contribution in [0.4, 0.5) is 5.69 Å². The molecule has 0 fully saturated rings. The van der Waals surface area contributed by atoms with Crippen molar-refractivity contribution in [3.8, 4) is 11.4 Å². The molecule has 0 unspecified atom stereocenters. The largest absolute Gasteiger partial charge is 0.497 e. The summed E-state index contributed by atoms with van der Waals surface area (Å²) in [5.74, 6) is 0.912. The minimum atomic E-state index is -3.61. The van der Waals surface area contributed by atoms with Crippen molar-refractivity contribution >= 4 is 27.3 Å². The minimum Gasteiger partial charge on any atom is -0.497 e. The molecule has 0 spiro atoms. The summed E-state index contributed by atoms with van der Waals surface area (Å²) in [7, 11) is -0.158. The van der Waals surface area contributed by atoms with E-state index >= 15 is 0 Å². The molecule has 3 aromatic rings. The Morgan fingerprint density at radius 1 is 1.12 bits per heavy atom. The summed E-state index contributed by atoms with van der Waals surface area (Å²) in [4.78, 5) is 19.7. The predicted octanol–water partition coefficient (Wildman–Crippen LogP) is 2.54. The average Bonchev–Trinajstić information content (AvgIpc) is 3.38. The Morgan fingerprint density at radius 3 is 2.45 bits per heavy atom. The Bertz CT molecular complexity index is 1340. The van der Waals surface area contributed by atoms with E-state index in [0.717, 1.165) is 30.7 Å². The molecule has 0 atom stereocenters. The number of aryl methyl sites for hydroxylation is 1. The van der Waals surface area contributed by atoms with Crippen molar-refractivity contribution < 1.29 is 17.9 Å². The molecule has 0 saturated heterocycles. The number of amides is 1. The number of benzene rings is 2. The van der Waals surface area contributed by atoms with Crippen LogP contribution in [-0.2, 0) is 9.84 Å². The molecular formula is C23H25N5O4S. The first-order valence-corrected chi connectivity index (χ1v) is 12.2. The highest BCUT2D eigenvalue weighted by molar-refractivity contribution is 7.90. The zero-order chi connectivity index (χ0) is 23.8. The van der Waals surface area contributed by atoms with Gasteiger partial charge in [0, 0.05) is 37.2 Å². The zero-order valence-corrected chi connectivity index (χ0v) is 19.7. The molecule has 10 heteroatoms. The Labute approximate surface area is 192 Å². The number of hydrogen-bond donors (Lipinski definition) is 1. The van der Waals surface area contributed by atoms with Crippen molar-refractivity contribution in [3.05, 3.63) is 65.5 Å². The number of aromatic nitrogens is 2. The molecule has 4 rings (SSSR count). The second-order valence-corrected chi connectivity index (χ2v) is 9.83. The SMILES string of the molecule is COc1ccc(-n2nc(C)cc2C(=O)Nc2ccc(C3=NCCN3C)cc2)c(S(C)(=O)=O)c1. The summed E-state index contributed by atoms with van der Waals surface area (Å²) in [6, 6.07) is 13.7. The molecule has 9 nitrogen and oxygen atoms in total. The molecule has 1 aromatic heterocycles. The van der Waals surface area contributed by atoms with E-state index in [1.54, 1.807) is 25.1 Å². The number of rotatable bonds is 6. The maximum atomic E-state index is 13.1. The number of anilines is 1. The van der Waals surface area contributed by atoms with Crippen LogP contribution in [0.25, 0.3) is 5.69 Å². The molecule has 0 radical (unpaired) electrons. The first-order valence-electron chi connectivity index (χ1n) is 10.3. The van der Waals surface area contributed by atoms with Gasteiger partial charge < -0.3 is 15.0 Å². The van der Waals surface area contributed by atoms with Gasteiger partial charge in [0.1, 0.15) is 17.3 Å². The molecule has 1 aliphatic heterocycles. The molecule has 172 valence electrons. The maximum absolute atomic E-state index is 13.1. The fourth-order valence-electron chi connectivity index (χ4n) is 3.68. The molecule has 1 aliphatic rings. The number of ether oxygens (including phenoxy) is 1. The number of methoxy groups -OCH3 is 1. The summed E-state index contributed by atoms with van der Waals surface area (Å²) < 4.78 is 31.4. The van der Waals surface area contributed by atoms with Gasteiger partial charge in [0.25, 0.3) is 5.91 Å². The van der Waals surface area contributed by atoms with Gasteiger partial charge in [0.2, 0.25) is 0 Å². The lowest BCUT2D eigenvalue weighted by molar-refractivity contribution is 0.101. The second-order valence-electron chi connectivity index (χ2n) is 7.85. The Balaban J connectivity index is 1.65. The fourth-order valence-corrected chi connectivity index (χ4v) is 4.54. The lowest BCUT2D eigenvalue weighted by Crippen LogP contribution is -2.23. The number of nitrogens with zero attached hydrogens (tertiary/aromatic N) is 4. The first-order chi connectivity index (χ1) is 15.7. The number of carbonyl (C=O) groups excluding carboxylic acids is 1. The van der Waals surface area contributed by atoms with Crippen LogP contribution in [0.3, 0.4) is 0 Å². The summed E-state index contributed by atoms with van der Waals surface area (Å²) in [6.07, 6.45) is 1.11. The highest BCUT2D eigenvalue weighted by Gasteiger charge is 2.22. The first kappa shape index (κ1) is 22.5. The van der Waals surface area contributed by atoms with Crippen molar-refractivity contribution in [2.75, 3.05) is 38.8 Å². The van der Waals surface area contributed by atoms with Crippen molar-refractivity contribution in [3.63, 3.8) is 0 Å². The molecule has 0 saturated carbocycles. The quantitative estimate of drug-likeness (QED) is 0.597. The van der Waals surface area contributed by atoms with Crippen LogP contribution in [0, 0.1) is 6.92 Å². The standard InChI is InChI=1S/C23H25N5O4S/c1-15-13-20(28(26-15)19-10-9-18(32-3)14-21(19)33(4,30)31)23(29)25-17-7-5-16(6-8-17)22-24-11-12-27(22)2/h5-10,13-14H,11-12H2,1-4H3,(H,25,29). The molecule has 33 heavy (non-hydrogen) atoms. The van der Waals surface area contributed by atoms with Gasteiger partial charge in [0.15, 0.2) is 9.84 Å². The molecule has 0 aliphatic carbocycles. The topological polar surface area (TPSA) is 106 Å². The Hall–Kier alpha value is -3.66. The van der Waals surface area contributed by atoms with E-state index in [0.29, 0.717) is 17.1 Å². The predicted molar refractivity (Wildman–Crippen MR) is 126 cm³/mol. The van der Waals surface area contributed by atoms with Gasteiger partial charge in [-0.15, -0.1) is 0 Å². The van der Waals surface area contributed by atoms with Gasteiger partial charge in [0.05, 0.1) is 29.9 Å². The average molecular weight is 468 g/mol. The van der Waals surface area contributed by atoms with Gasteiger partial charge in [-0.05, 0) is 49.4 Å². The summed E-state index contributed by atoms with van der Waals surface area (Å²) >= 11 is 0. The van der Waals surface area contributed by atoms with Crippen molar-refractivity contribution in [2.45, 2.75) is 11.8 Å². The van der Waals surface area contributed by atoms with E-state index < -0.39 is 15.7 Å². The molecule has 2 heterocycles. The molecule has 1 N–H and O–H groups in total. The lowest BCUT2D eigenvalue weighted by Gasteiger charge is -2.15. The minimum absolute atomic E-state index is 0.0183. The number of amidine groups is 1. The fraction of sp³-hybridized carbons (Fsp3) is 0.261. The van der Waals surface area contributed by atoms with Crippen LogP contribution < -0.4 is 10.1 Å². The van der Waals surface area contributed by atoms with Crippen LogP contribution in [0.2, 0.25) is 0 Å². The van der Waals surface area contributed by atoms with Gasteiger partial charge >= 0.3 is 0 Å². The number of hydrogen-bond acceptors (Lipinski definition) is 7. The van der Waals surface area contributed by atoms with Crippen LogP contribution in [0.15, 0.2) is 58.4 Å². The highest BCUT2D eigenvalue weighted by Crippen LogP contribution is 2.27. The van der Waals surface area contributed by atoms with Crippen LogP contribution in [-0.4, -0.2) is 68.3 Å². The molecule has 2 aromatic carbocycles. The van der Waals surface area contributed by atoms with Gasteiger partial charge in [-0.1, -0.05) is 0 Å². The zero-order valence-electron chi connectivity index (χ0n) is 18.9. The van der Waals surface area contributed by atoms with E-state index in [-0.39, 0.29) is 16.3 Å².